The highest BCUT2D eigenvalue weighted by Gasteiger charge is 2.49. The van der Waals surface area contributed by atoms with Crippen LogP contribution in [0.3, 0.4) is 0 Å². The summed E-state index contributed by atoms with van der Waals surface area (Å²) in [4.78, 5) is 35.1. The minimum absolute atomic E-state index is 0.258. The summed E-state index contributed by atoms with van der Waals surface area (Å²) < 4.78 is 54.2. The van der Waals surface area contributed by atoms with E-state index in [4.69, 9.17) is 11.6 Å². The quantitative estimate of drug-likeness (QED) is 0.573. The van der Waals surface area contributed by atoms with Crippen molar-refractivity contribution < 1.29 is 26.8 Å². The number of nitrogens with zero attached hydrogens (tertiary/aromatic N) is 5. The molecule has 0 bridgehead atoms. The first kappa shape index (κ1) is 25.1. The van der Waals surface area contributed by atoms with Crippen LogP contribution in [0.15, 0.2) is 36.5 Å². The van der Waals surface area contributed by atoms with Gasteiger partial charge < -0.3 is 9.80 Å². The summed E-state index contributed by atoms with van der Waals surface area (Å²) in [6.45, 7) is 2.53. The molecule has 2 saturated heterocycles. The van der Waals surface area contributed by atoms with Gasteiger partial charge in [0.05, 0.1) is 23.0 Å². The molecule has 0 spiro atoms. The van der Waals surface area contributed by atoms with Gasteiger partial charge in [-0.3, -0.25) is 9.69 Å². The zero-order chi connectivity index (χ0) is 25.3. The molecule has 2 fully saturated rings. The van der Waals surface area contributed by atoms with Gasteiger partial charge in [0.2, 0.25) is 15.9 Å². The Morgan fingerprint density at radius 2 is 1.89 bits per heavy atom. The van der Waals surface area contributed by atoms with Crippen molar-refractivity contribution in [2.75, 3.05) is 48.3 Å². The summed E-state index contributed by atoms with van der Waals surface area (Å²) >= 11 is 6.22. The maximum atomic E-state index is 14.7. The van der Waals surface area contributed by atoms with Gasteiger partial charge in [0.15, 0.2) is 0 Å². The summed E-state index contributed by atoms with van der Waals surface area (Å²) in [5, 5.41) is 0.475. The van der Waals surface area contributed by atoms with Crippen LogP contribution in [-0.2, 0) is 14.8 Å². The highest BCUT2D eigenvalue weighted by molar-refractivity contribution is 7.89. The number of pyridine rings is 1. The van der Waals surface area contributed by atoms with Gasteiger partial charge in [0.1, 0.15) is 23.5 Å². The third-order valence-corrected chi connectivity index (χ3v) is 8.15. The monoisotopic (exact) mass is 527 g/mol. The summed E-state index contributed by atoms with van der Waals surface area (Å²) in [5.74, 6) is -2.17. The van der Waals surface area contributed by atoms with E-state index in [-0.39, 0.29) is 31.0 Å². The molecule has 4 rings (SSSR count). The molecule has 2 aliphatic rings. The number of urea groups is 1. The molecule has 0 unspecified atom stereocenters. The van der Waals surface area contributed by atoms with Crippen LogP contribution in [0.4, 0.5) is 25.1 Å². The normalized spacial score (nSPS) is 19.0. The SMILES string of the molecule is CCCS(=O)(=O)N1C[C@@H](C(=O)N2CCN(c3ncccc3Cl)CC2)N(c2ccc(F)cc2F)C1=O. The lowest BCUT2D eigenvalue weighted by atomic mass is 10.1. The Labute approximate surface area is 206 Å². The lowest BCUT2D eigenvalue weighted by Gasteiger charge is -2.37. The van der Waals surface area contributed by atoms with Crippen LogP contribution in [0.2, 0.25) is 5.02 Å². The number of hydrogen-bond donors (Lipinski definition) is 0. The average Bonchev–Trinajstić information content (AvgIpc) is 3.17. The highest BCUT2D eigenvalue weighted by atomic mass is 35.5. The predicted molar refractivity (Wildman–Crippen MR) is 127 cm³/mol. The first-order chi connectivity index (χ1) is 16.6. The number of piperazine rings is 1. The fourth-order valence-corrected chi connectivity index (χ4v) is 5.94. The van der Waals surface area contributed by atoms with Gasteiger partial charge >= 0.3 is 6.03 Å². The Bertz CT molecular complexity index is 1240. The molecule has 188 valence electrons. The van der Waals surface area contributed by atoms with E-state index in [1.807, 2.05) is 4.90 Å². The number of rotatable bonds is 6. The number of amides is 3. The number of sulfonamides is 1. The Hall–Kier alpha value is -2.99. The molecule has 0 aliphatic carbocycles. The molecule has 1 aromatic carbocycles. The first-order valence-electron chi connectivity index (χ1n) is 11.1. The van der Waals surface area contributed by atoms with Crippen LogP contribution < -0.4 is 9.80 Å². The topological polar surface area (TPSA) is 94.1 Å². The Kier molecular flexibility index (Phi) is 7.13. The van der Waals surface area contributed by atoms with Crippen molar-refractivity contribution in [1.82, 2.24) is 14.2 Å². The van der Waals surface area contributed by atoms with Crippen molar-refractivity contribution in [2.24, 2.45) is 0 Å². The van der Waals surface area contributed by atoms with Crippen molar-refractivity contribution in [3.8, 4) is 0 Å². The molecule has 3 heterocycles. The Morgan fingerprint density at radius 1 is 1.17 bits per heavy atom. The third-order valence-electron chi connectivity index (χ3n) is 5.95. The van der Waals surface area contributed by atoms with Crippen LogP contribution in [0.25, 0.3) is 0 Å². The highest BCUT2D eigenvalue weighted by Crippen LogP contribution is 2.31. The maximum Gasteiger partial charge on any atom is 0.339 e. The third kappa shape index (κ3) is 4.90. The predicted octanol–water partition coefficient (Wildman–Crippen LogP) is 2.71. The number of anilines is 2. The van der Waals surface area contributed by atoms with E-state index in [1.54, 1.807) is 25.3 Å². The van der Waals surface area contributed by atoms with Crippen molar-refractivity contribution in [3.63, 3.8) is 0 Å². The van der Waals surface area contributed by atoms with Crippen LogP contribution >= 0.6 is 11.6 Å². The second kappa shape index (κ2) is 9.94. The van der Waals surface area contributed by atoms with E-state index < -0.39 is 46.2 Å². The molecule has 0 radical (unpaired) electrons. The van der Waals surface area contributed by atoms with Crippen LogP contribution in [0.1, 0.15) is 13.3 Å². The fraction of sp³-hybridized carbons (Fsp3) is 0.409. The maximum absolute atomic E-state index is 14.7. The second-order valence-corrected chi connectivity index (χ2v) is 10.7. The molecule has 0 saturated carbocycles. The molecular formula is C22H24ClF2N5O4S. The number of carbonyl (C=O) groups is 2. The standard InChI is InChI=1S/C22H24ClF2N5O4S/c1-2-12-35(33,34)29-14-19(30(22(29)32)18-6-5-15(24)13-17(18)25)21(31)28-10-8-27(9-11-28)20-16(23)4-3-7-26-20/h3-7,13,19H,2,8-12,14H2,1H3/t19-/m0/s1. The number of carbonyl (C=O) groups excluding carboxylic acids is 2. The molecule has 2 aromatic rings. The van der Waals surface area contributed by atoms with Crippen molar-refractivity contribution >= 4 is 45.1 Å². The van der Waals surface area contributed by atoms with Gasteiger partial charge in [-0.2, -0.15) is 0 Å². The molecule has 1 atom stereocenters. The van der Waals surface area contributed by atoms with Crippen LogP contribution in [0.5, 0.6) is 0 Å². The average molecular weight is 528 g/mol. The van der Waals surface area contributed by atoms with Crippen LogP contribution in [-0.4, -0.2) is 79.1 Å². The van der Waals surface area contributed by atoms with Gasteiger partial charge in [-0.05, 0) is 30.7 Å². The van der Waals surface area contributed by atoms with E-state index in [2.05, 4.69) is 4.98 Å². The Morgan fingerprint density at radius 3 is 2.51 bits per heavy atom. The minimum atomic E-state index is -4.02. The molecule has 9 nitrogen and oxygen atoms in total. The van der Waals surface area contributed by atoms with Crippen molar-refractivity contribution in [1.29, 1.82) is 0 Å². The number of hydrogen-bond acceptors (Lipinski definition) is 6. The molecule has 13 heteroatoms. The summed E-state index contributed by atoms with van der Waals surface area (Å²) in [5.41, 5.74) is -0.358. The summed E-state index contributed by atoms with van der Waals surface area (Å²) in [6, 6.07) is 3.66. The van der Waals surface area contributed by atoms with Gasteiger partial charge in [0.25, 0.3) is 0 Å². The zero-order valence-corrected chi connectivity index (χ0v) is 20.5. The Balaban J connectivity index is 1.60. The zero-order valence-electron chi connectivity index (χ0n) is 18.9. The van der Waals surface area contributed by atoms with Gasteiger partial charge in [-0.25, -0.2) is 31.3 Å². The summed E-state index contributed by atoms with van der Waals surface area (Å²) in [6.07, 6.45) is 1.87. The molecule has 35 heavy (non-hydrogen) atoms. The fourth-order valence-electron chi connectivity index (χ4n) is 4.27. The van der Waals surface area contributed by atoms with E-state index in [0.29, 0.717) is 34.3 Å². The summed E-state index contributed by atoms with van der Waals surface area (Å²) in [7, 11) is -4.02. The van der Waals surface area contributed by atoms with Crippen molar-refractivity contribution in [3.05, 3.63) is 53.2 Å². The molecule has 0 N–H and O–H groups in total. The molecule has 2 aliphatic heterocycles. The van der Waals surface area contributed by atoms with Crippen molar-refractivity contribution in [2.45, 2.75) is 19.4 Å². The van der Waals surface area contributed by atoms with E-state index in [1.165, 1.54) is 4.90 Å². The van der Waals surface area contributed by atoms with E-state index in [0.717, 1.165) is 17.0 Å². The lowest BCUT2D eigenvalue weighted by Crippen LogP contribution is -2.55. The van der Waals surface area contributed by atoms with Gasteiger partial charge in [-0.15, -0.1) is 0 Å². The molecular weight excluding hydrogens is 504 g/mol. The first-order valence-corrected chi connectivity index (χ1v) is 13.1. The van der Waals surface area contributed by atoms with E-state index >= 15 is 0 Å². The number of halogens is 3. The van der Waals surface area contributed by atoms with Gasteiger partial charge in [-0.1, -0.05) is 18.5 Å². The van der Waals surface area contributed by atoms with Gasteiger partial charge in [0, 0.05) is 38.4 Å². The molecule has 1 aromatic heterocycles. The molecule has 3 amide bonds. The minimum Gasteiger partial charge on any atom is -0.352 e. The lowest BCUT2D eigenvalue weighted by molar-refractivity contribution is -0.132. The smallest absolute Gasteiger partial charge is 0.339 e. The van der Waals surface area contributed by atoms with Crippen LogP contribution in [0, 0.1) is 11.6 Å². The number of aromatic nitrogens is 1. The second-order valence-electron chi connectivity index (χ2n) is 8.23. The largest absolute Gasteiger partial charge is 0.352 e. The van der Waals surface area contributed by atoms with E-state index in [9.17, 15) is 26.8 Å². The number of benzene rings is 1.